The first-order chi connectivity index (χ1) is 10.6. The van der Waals surface area contributed by atoms with E-state index in [9.17, 15) is 14.0 Å². The SMILES string of the molecule is O=C(O)[C@H]1CCCN1C(=O)c1cn(-c2ccc(F)cc2)nn1. The first kappa shape index (κ1) is 14.2. The van der Waals surface area contributed by atoms with Gasteiger partial charge in [-0.05, 0) is 37.1 Å². The van der Waals surface area contributed by atoms with Gasteiger partial charge >= 0.3 is 5.97 Å². The summed E-state index contributed by atoms with van der Waals surface area (Å²) in [6.45, 7) is 0.388. The van der Waals surface area contributed by atoms with Crippen molar-refractivity contribution in [2.24, 2.45) is 0 Å². The normalized spacial score (nSPS) is 17.7. The van der Waals surface area contributed by atoms with Crippen LogP contribution >= 0.6 is 0 Å². The second-order valence-corrected chi connectivity index (χ2v) is 5.02. The van der Waals surface area contributed by atoms with Gasteiger partial charge in [0.2, 0.25) is 0 Å². The topological polar surface area (TPSA) is 88.3 Å². The van der Waals surface area contributed by atoms with Crippen molar-refractivity contribution in [2.45, 2.75) is 18.9 Å². The molecule has 1 atom stereocenters. The van der Waals surface area contributed by atoms with Crippen LogP contribution in [0.3, 0.4) is 0 Å². The van der Waals surface area contributed by atoms with E-state index >= 15 is 0 Å². The molecule has 1 saturated heterocycles. The lowest BCUT2D eigenvalue weighted by molar-refractivity contribution is -0.141. The van der Waals surface area contributed by atoms with Gasteiger partial charge < -0.3 is 10.0 Å². The van der Waals surface area contributed by atoms with Crippen molar-refractivity contribution in [3.8, 4) is 5.69 Å². The molecule has 0 bridgehead atoms. The van der Waals surface area contributed by atoms with E-state index in [1.807, 2.05) is 0 Å². The lowest BCUT2D eigenvalue weighted by Crippen LogP contribution is -2.40. The molecule has 1 amide bonds. The summed E-state index contributed by atoms with van der Waals surface area (Å²) in [4.78, 5) is 24.8. The number of aliphatic carboxylic acids is 1. The fourth-order valence-electron chi connectivity index (χ4n) is 2.50. The summed E-state index contributed by atoms with van der Waals surface area (Å²) in [6, 6.07) is 4.75. The third-order valence-corrected chi connectivity index (χ3v) is 3.60. The number of carboxylic acid groups (broad SMARTS) is 1. The van der Waals surface area contributed by atoms with E-state index in [2.05, 4.69) is 10.3 Å². The van der Waals surface area contributed by atoms with Gasteiger partial charge in [-0.3, -0.25) is 4.79 Å². The van der Waals surface area contributed by atoms with Crippen LogP contribution < -0.4 is 0 Å². The molecule has 0 spiro atoms. The molecule has 2 heterocycles. The lowest BCUT2D eigenvalue weighted by Gasteiger charge is -2.19. The van der Waals surface area contributed by atoms with Gasteiger partial charge in [-0.25, -0.2) is 13.9 Å². The minimum absolute atomic E-state index is 0.0671. The first-order valence-corrected chi connectivity index (χ1v) is 6.78. The molecule has 0 unspecified atom stereocenters. The standard InChI is InChI=1S/C14H13FN4O3/c15-9-3-5-10(6-4-9)19-8-11(16-17-19)13(20)18-7-1-2-12(18)14(21)22/h3-6,8,12H,1-2,7H2,(H,21,22)/t12-/m1/s1. The van der Waals surface area contributed by atoms with Gasteiger partial charge in [0.25, 0.3) is 5.91 Å². The highest BCUT2D eigenvalue weighted by molar-refractivity contribution is 5.95. The van der Waals surface area contributed by atoms with E-state index in [0.29, 0.717) is 25.1 Å². The summed E-state index contributed by atoms with van der Waals surface area (Å²) in [7, 11) is 0. The fraction of sp³-hybridized carbons (Fsp3) is 0.286. The maximum absolute atomic E-state index is 12.9. The van der Waals surface area contributed by atoms with Gasteiger partial charge in [-0.15, -0.1) is 5.10 Å². The minimum atomic E-state index is -1.02. The molecule has 8 heteroatoms. The molecule has 0 aliphatic carbocycles. The Balaban J connectivity index is 1.82. The number of aromatic nitrogens is 3. The van der Waals surface area contributed by atoms with Crippen molar-refractivity contribution < 1.29 is 19.1 Å². The second kappa shape index (κ2) is 5.55. The molecule has 0 saturated carbocycles. The number of carboxylic acids is 1. The maximum Gasteiger partial charge on any atom is 0.326 e. The van der Waals surface area contributed by atoms with Gasteiger partial charge in [0.05, 0.1) is 11.9 Å². The number of hydrogen-bond donors (Lipinski definition) is 1. The van der Waals surface area contributed by atoms with Crippen LogP contribution in [0.4, 0.5) is 4.39 Å². The molecule has 1 aliphatic rings. The first-order valence-electron chi connectivity index (χ1n) is 6.78. The van der Waals surface area contributed by atoms with E-state index in [0.717, 1.165) is 0 Å². The van der Waals surface area contributed by atoms with Crippen molar-refractivity contribution in [1.29, 1.82) is 0 Å². The molecule has 0 radical (unpaired) electrons. The number of nitrogens with zero attached hydrogens (tertiary/aromatic N) is 4. The predicted octanol–water partition coefficient (Wildman–Crippen LogP) is 1.10. The van der Waals surface area contributed by atoms with E-state index in [-0.39, 0.29) is 11.5 Å². The summed E-state index contributed by atoms with van der Waals surface area (Å²) < 4.78 is 14.2. The van der Waals surface area contributed by atoms with Crippen LogP contribution in [0.5, 0.6) is 0 Å². The van der Waals surface area contributed by atoms with Crippen molar-refractivity contribution in [2.75, 3.05) is 6.54 Å². The molecule has 22 heavy (non-hydrogen) atoms. The van der Waals surface area contributed by atoms with Crippen molar-refractivity contribution in [3.63, 3.8) is 0 Å². The number of rotatable bonds is 3. The Morgan fingerprint density at radius 1 is 1.27 bits per heavy atom. The number of amides is 1. The molecular weight excluding hydrogens is 291 g/mol. The third-order valence-electron chi connectivity index (χ3n) is 3.60. The Kier molecular flexibility index (Phi) is 3.58. The number of benzene rings is 1. The van der Waals surface area contributed by atoms with E-state index < -0.39 is 17.9 Å². The number of hydrogen-bond acceptors (Lipinski definition) is 4. The molecule has 2 aromatic rings. The largest absolute Gasteiger partial charge is 0.480 e. The second-order valence-electron chi connectivity index (χ2n) is 5.02. The van der Waals surface area contributed by atoms with Crippen LogP contribution in [0, 0.1) is 5.82 Å². The van der Waals surface area contributed by atoms with Crippen LogP contribution in [-0.2, 0) is 4.79 Å². The van der Waals surface area contributed by atoms with E-state index in [1.54, 1.807) is 0 Å². The fourth-order valence-corrected chi connectivity index (χ4v) is 2.50. The quantitative estimate of drug-likeness (QED) is 0.917. The van der Waals surface area contributed by atoms with Gasteiger partial charge in [0.1, 0.15) is 11.9 Å². The third kappa shape index (κ3) is 2.54. The van der Waals surface area contributed by atoms with Crippen molar-refractivity contribution in [1.82, 2.24) is 19.9 Å². The molecule has 3 rings (SSSR count). The molecule has 114 valence electrons. The highest BCUT2D eigenvalue weighted by Crippen LogP contribution is 2.20. The van der Waals surface area contributed by atoms with Crippen molar-refractivity contribution in [3.05, 3.63) is 42.0 Å². The van der Waals surface area contributed by atoms with E-state index in [1.165, 1.54) is 40.0 Å². The number of carbonyl (C=O) groups is 2. The Hall–Kier alpha value is -2.77. The smallest absolute Gasteiger partial charge is 0.326 e. The summed E-state index contributed by atoms with van der Waals surface area (Å²) in [6.07, 6.45) is 2.49. The molecule has 7 nitrogen and oxygen atoms in total. The average Bonchev–Trinajstić information content (AvgIpc) is 3.17. The van der Waals surface area contributed by atoms with Crippen LogP contribution in [0.2, 0.25) is 0 Å². The molecule has 1 fully saturated rings. The minimum Gasteiger partial charge on any atom is -0.480 e. The Bertz CT molecular complexity index is 713. The maximum atomic E-state index is 12.9. The summed E-state index contributed by atoms with van der Waals surface area (Å²) in [5.41, 5.74) is 0.627. The van der Waals surface area contributed by atoms with E-state index in [4.69, 9.17) is 5.11 Å². The zero-order valence-corrected chi connectivity index (χ0v) is 11.5. The van der Waals surface area contributed by atoms with Gasteiger partial charge in [-0.2, -0.15) is 0 Å². The van der Waals surface area contributed by atoms with Gasteiger partial charge in [0, 0.05) is 6.54 Å². The molecular formula is C14H13FN4O3. The highest BCUT2D eigenvalue weighted by atomic mass is 19.1. The predicted molar refractivity (Wildman–Crippen MR) is 73.0 cm³/mol. The zero-order valence-electron chi connectivity index (χ0n) is 11.5. The van der Waals surface area contributed by atoms with Gasteiger partial charge in [-0.1, -0.05) is 5.21 Å². The molecule has 1 aliphatic heterocycles. The Labute approximate surface area is 125 Å². The van der Waals surface area contributed by atoms with Crippen LogP contribution in [0.25, 0.3) is 5.69 Å². The number of carbonyl (C=O) groups excluding carboxylic acids is 1. The molecule has 1 N–H and O–H groups in total. The Morgan fingerprint density at radius 2 is 2.00 bits per heavy atom. The Morgan fingerprint density at radius 3 is 2.68 bits per heavy atom. The lowest BCUT2D eigenvalue weighted by atomic mass is 10.2. The zero-order chi connectivity index (χ0) is 15.7. The molecule has 1 aromatic heterocycles. The summed E-state index contributed by atoms with van der Waals surface area (Å²) in [5.74, 6) is -1.85. The highest BCUT2D eigenvalue weighted by Gasteiger charge is 2.35. The van der Waals surface area contributed by atoms with Gasteiger partial charge in [0.15, 0.2) is 5.69 Å². The summed E-state index contributed by atoms with van der Waals surface area (Å²) in [5, 5.41) is 16.7. The van der Waals surface area contributed by atoms with Crippen LogP contribution in [0.1, 0.15) is 23.3 Å². The molecule has 1 aromatic carbocycles. The van der Waals surface area contributed by atoms with Crippen LogP contribution in [-0.4, -0.2) is 49.5 Å². The number of halogens is 1. The van der Waals surface area contributed by atoms with Crippen molar-refractivity contribution >= 4 is 11.9 Å². The summed E-state index contributed by atoms with van der Waals surface area (Å²) >= 11 is 0. The monoisotopic (exact) mass is 304 g/mol. The number of likely N-dealkylation sites (tertiary alicyclic amines) is 1. The van der Waals surface area contributed by atoms with Crippen LogP contribution in [0.15, 0.2) is 30.5 Å². The average molecular weight is 304 g/mol.